The van der Waals surface area contributed by atoms with Gasteiger partial charge in [-0.3, -0.25) is 9.59 Å². The van der Waals surface area contributed by atoms with Crippen LogP contribution in [0.4, 0.5) is 11.4 Å². The molecule has 0 fully saturated rings. The molecule has 11 heteroatoms. The molecular formula is C23H21N5O4S2. The summed E-state index contributed by atoms with van der Waals surface area (Å²) in [6, 6.07) is 13.8. The van der Waals surface area contributed by atoms with Gasteiger partial charge in [0.05, 0.1) is 35.7 Å². The van der Waals surface area contributed by atoms with Crippen molar-refractivity contribution < 1.29 is 18.7 Å². The lowest BCUT2D eigenvalue weighted by Crippen LogP contribution is -2.15. The molecule has 0 bridgehead atoms. The molecule has 4 rings (SSSR count). The Kier molecular flexibility index (Phi) is 7.55. The highest BCUT2D eigenvalue weighted by molar-refractivity contribution is 7.99. The van der Waals surface area contributed by atoms with E-state index in [9.17, 15) is 9.59 Å². The highest BCUT2D eigenvalue weighted by Crippen LogP contribution is 2.24. The number of aromatic nitrogens is 3. The van der Waals surface area contributed by atoms with Gasteiger partial charge in [0.15, 0.2) is 0 Å². The molecule has 2 aromatic carbocycles. The topological polar surface area (TPSA) is 119 Å². The van der Waals surface area contributed by atoms with Crippen molar-refractivity contribution in [2.75, 3.05) is 23.5 Å². The molecule has 2 N–H and O–H groups in total. The SMILES string of the molecule is COc1ccccc1NC(=O)c1ccc(NC(=O)CSc2nnc(Cc3csc(C)n3)o2)cc1. The number of carbonyl (C=O) groups excluding carboxylic acids is 2. The van der Waals surface area contributed by atoms with Gasteiger partial charge in [0, 0.05) is 16.6 Å². The first-order chi connectivity index (χ1) is 16.5. The molecule has 0 radical (unpaired) electrons. The number of amides is 2. The van der Waals surface area contributed by atoms with Crippen LogP contribution in [-0.2, 0) is 11.2 Å². The van der Waals surface area contributed by atoms with Crippen molar-refractivity contribution in [3.05, 3.63) is 76.1 Å². The largest absolute Gasteiger partial charge is 0.495 e. The van der Waals surface area contributed by atoms with E-state index in [1.165, 1.54) is 0 Å². The molecule has 0 aliphatic heterocycles. The zero-order chi connectivity index (χ0) is 23.9. The number of methoxy groups -OCH3 is 1. The zero-order valence-corrected chi connectivity index (χ0v) is 20.0. The molecule has 2 amide bonds. The molecule has 2 aromatic heterocycles. The van der Waals surface area contributed by atoms with Crippen molar-refractivity contribution in [3.8, 4) is 5.75 Å². The summed E-state index contributed by atoms with van der Waals surface area (Å²) in [5, 5.41) is 16.8. The number of nitrogens with one attached hydrogen (secondary N) is 2. The second kappa shape index (κ2) is 10.9. The average Bonchev–Trinajstić information content (AvgIpc) is 3.47. The number of carbonyl (C=O) groups is 2. The minimum Gasteiger partial charge on any atom is -0.495 e. The van der Waals surface area contributed by atoms with Crippen molar-refractivity contribution in [1.29, 1.82) is 0 Å². The Bertz CT molecular complexity index is 1290. The Hall–Kier alpha value is -3.70. The average molecular weight is 496 g/mol. The van der Waals surface area contributed by atoms with Gasteiger partial charge >= 0.3 is 0 Å². The molecule has 2 heterocycles. The predicted octanol–water partition coefficient (Wildman–Crippen LogP) is 4.42. The Morgan fingerprint density at radius 2 is 1.88 bits per heavy atom. The van der Waals surface area contributed by atoms with E-state index in [0.717, 1.165) is 22.5 Å². The van der Waals surface area contributed by atoms with E-state index in [0.29, 0.717) is 40.2 Å². The third-order valence-electron chi connectivity index (χ3n) is 4.56. The maximum absolute atomic E-state index is 12.5. The van der Waals surface area contributed by atoms with Crippen LogP contribution in [0.2, 0.25) is 0 Å². The molecule has 0 aliphatic rings. The summed E-state index contributed by atoms with van der Waals surface area (Å²) < 4.78 is 10.8. The number of hydrogen-bond acceptors (Lipinski definition) is 9. The van der Waals surface area contributed by atoms with Crippen LogP contribution in [0.3, 0.4) is 0 Å². The van der Waals surface area contributed by atoms with Gasteiger partial charge in [0.25, 0.3) is 11.1 Å². The molecule has 0 spiro atoms. The van der Waals surface area contributed by atoms with Gasteiger partial charge in [-0.1, -0.05) is 23.9 Å². The highest BCUT2D eigenvalue weighted by atomic mass is 32.2. The first-order valence-electron chi connectivity index (χ1n) is 10.2. The maximum Gasteiger partial charge on any atom is 0.277 e. The molecule has 0 saturated heterocycles. The number of para-hydroxylation sites is 2. The van der Waals surface area contributed by atoms with E-state index in [1.807, 2.05) is 24.4 Å². The molecular weight excluding hydrogens is 474 g/mol. The Balaban J connectivity index is 1.26. The fraction of sp³-hybridized carbons (Fsp3) is 0.174. The van der Waals surface area contributed by atoms with E-state index in [4.69, 9.17) is 9.15 Å². The molecule has 174 valence electrons. The third kappa shape index (κ3) is 6.21. The molecule has 0 unspecified atom stereocenters. The summed E-state index contributed by atoms with van der Waals surface area (Å²) in [7, 11) is 1.54. The lowest BCUT2D eigenvalue weighted by atomic mass is 10.2. The normalized spacial score (nSPS) is 10.6. The van der Waals surface area contributed by atoms with E-state index in [1.54, 1.807) is 54.8 Å². The van der Waals surface area contributed by atoms with Crippen molar-refractivity contribution in [2.45, 2.75) is 18.6 Å². The van der Waals surface area contributed by atoms with Gasteiger partial charge in [0.1, 0.15) is 5.75 Å². The smallest absolute Gasteiger partial charge is 0.277 e. The monoisotopic (exact) mass is 495 g/mol. The van der Waals surface area contributed by atoms with Crippen LogP contribution >= 0.6 is 23.1 Å². The molecule has 0 aliphatic carbocycles. The number of hydrogen-bond donors (Lipinski definition) is 2. The molecule has 34 heavy (non-hydrogen) atoms. The van der Waals surface area contributed by atoms with Crippen LogP contribution < -0.4 is 15.4 Å². The van der Waals surface area contributed by atoms with Crippen molar-refractivity contribution >= 4 is 46.3 Å². The fourth-order valence-corrected chi connectivity index (χ4v) is 4.18. The standard InChI is InChI=1S/C23H21N5O4S2/c1-14-24-17(12-33-14)11-21-27-28-23(32-21)34-13-20(29)25-16-9-7-15(8-10-16)22(30)26-18-5-3-4-6-19(18)31-2/h3-10,12H,11,13H2,1-2H3,(H,25,29)(H,26,30). The van der Waals surface area contributed by atoms with Crippen molar-refractivity contribution in [2.24, 2.45) is 0 Å². The first kappa shape index (κ1) is 23.5. The molecule has 9 nitrogen and oxygen atoms in total. The fourth-order valence-electron chi connectivity index (χ4n) is 2.98. The second-order valence-electron chi connectivity index (χ2n) is 7.06. The lowest BCUT2D eigenvalue weighted by molar-refractivity contribution is -0.113. The van der Waals surface area contributed by atoms with Crippen LogP contribution in [-0.4, -0.2) is 39.9 Å². The van der Waals surface area contributed by atoms with Gasteiger partial charge in [-0.2, -0.15) is 0 Å². The number of thioether (sulfide) groups is 1. The Morgan fingerprint density at radius 3 is 2.62 bits per heavy atom. The van der Waals surface area contributed by atoms with E-state index < -0.39 is 0 Å². The van der Waals surface area contributed by atoms with Crippen LogP contribution in [0.5, 0.6) is 5.75 Å². The van der Waals surface area contributed by atoms with Gasteiger partial charge < -0.3 is 19.8 Å². The number of nitrogens with zero attached hydrogens (tertiary/aromatic N) is 3. The van der Waals surface area contributed by atoms with Crippen LogP contribution in [0.15, 0.2) is 63.6 Å². The van der Waals surface area contributed by atoms with Crippen molar-refractivity contribution in [3.63, 3.8) is 0 Å². The van der Waals surface area contributed by atoms with Gasteiger partial charge in [0.2, 0.25) is 11.8 Å². The summed E-state index contributed by atoms with van der Waals surface area (Å²) in [6.07, 6.45) is 0.459. The van der Waals surface area contributed by atoms with Crippen LogP contribution in [0.25, 0.3) is 0 Å². The summed E-state index contributed by atoms with van der Waals surface area (Å²) >= 11 is 2.71. The zero-order valence-electron chi connectivity index (χ0n) is 18.4. The predicted molar refractivity (Wildman–Crippen MR) is 131 cm³/mol. The molecule has 0 saturated carbocycles. The Morgan fingerprint density at radius 1 is 1.09 bits per heavy atom. The number of rotatable bonds is 9. The third-order valence-corrected chi connectivity index (χ3v) is 6.20. The summed E-state index contributed by atoms with van der Waals surface area (Å²) in [5.41, 5.74) is 2.48. The van der Waals surface area contributed by atoms with E-state index in [2.05, 4.69) is 25.8 Å². The number of thiazole rings is 1. The Labute approximate surface area is 204 Å². The molecule has 4 aromatic rings. The number of benzene rings is 2. The summed E-state index contributed by atoms with van der Waals surface area (Å²) in [4.78, 5) is 29.2. The number of anilines is 2. The summed E-state index contributed by atoms with van der Waals surface area (Å²) in [5.74, 6) is 0.621. The highest BCUT2D eigenvalue weighted by Gasteiger charge is 2.13. The number of aryl methyl sites for hydroxylation is 1. The second-order valence-corrected chi connectivity index (χ2v) is 9.05. The van der Waals surface area contributed by atoms with E-state index in [-0.39, 0.29) is 17.6 Å². The minimum absolute atomic E-state index is 0.105. The minimum atomic E-state index is -0.280. The van der Waals surface area contributed by atoms with Gasteiger partial charge in [-0.15, -0.1) is 21.5 Å². The quantitative estimate of drug-likeness (QED) is 0.328. The van der Waals surface area contributed by atoms with Crippen molar-refractivity contribution in [1.82, 2.24) is 15.2 Å². The van der Waals surface area contributed by atoms with Crippen LogP contribution in [0, 0.1) is 6.92 Å². The van der Waals surface area contributed by atoms with Gasteiger partial charge in [-0.25, -0.2) is 4.98 Å². The van der Waals surface area contributed by atoms with E-state index >= 15 is 0 Å². The van der Waals surface area contributed by atoms with Crippen LogP contribution in [0.1, 0.15) is 27.0 Å². The lowest BCUT2D eigenvalue weighted by Gasteiger charge is -2.10. The number of ether oxygens (including phenoxy) is 1. The first-order valence-corrected chi connectivity index (χ1v) is 12.1. The maximum atomic E-state index is 12.5. The summed E-state index contributed by atoms with van der Waals surface area (Å²) in [6.45, 7) is 1.94. The molecule has 0 atom stereocenters. The van der Waals surface area contributed by atoms with Gasteiger partial charge in [-0.05, 0) is 43.3 Å².